The van der Waals surface area contributed by atoms with Crippen molar-refractivity contribution in [3.8, 4) is 0 Å². The van der Waals surface area contributed by atoms with E-state index in [9.17, 15) is 4.79 Å². The van der Waals surface area contributed by atoms with Crippen LogP contribution in [-0.4, -0.2) is 36.8 Å². The zero-order valence-corrected chi connectivity index (χ0v) is 15.3. The van der Waals surface area contributed by atoms with Gasteiger partial charge in [-0.2, -0.15) is 0 Å². The van der Waals surface area contributed by atoms with Crippen molar-refractivity contribution in [3.63, 3.8) is 0 Å². The lowest BCUT2D eigenvalue weighted by molar-refractivity contribution is -0.140. The van der Waals surface area contributed by atoms with Crippen molar-refractivity contribution in [2.45, 2.75) is 32.4 Å². The van der Waals surface area contributed by atoms with Gasteiger partial charge in [-0.3, -0.25) is 4.79 Å². The Kier molecular flexibility index (Phi) is 6.81. The molecule has 1 aliphatic rings. The summed E-state index contributed by atoms with van der Waals surface area (Å²) in [7, 11) is 0. The lowest BCUT2D eigenvalue weighted by Gasteiger charge is -2.27. The number of hydrogen-bond donors (Lipinski definition) is 0. The van der Waals surface area contributed by atoms with E-state index in [0.717, 1.165) is 18.4 Å². The first-order valence-electron chi connectivity index (χ1n) is 9.31. The smallest absolute Gasteiger partial charge is 0.230 e. The summed E-state index contributed by atoms with van der Waals surface area (Å²) in [4.78, 5) is 14.9. The Hall–Kier alpha value is -2.17. The number of ether oxygens (including phenoxy) is 2. The summed E-state index contributed by atoms with van der Waals surface area (Å²) >= 11 is 0. The lowest BCUT2D eigenvalue weighted by Crippen LogP contribution is -2.42. The van der Waals surface area contributed by atoms with Gasteiger partial charge in [0.25, 0.3) is 0 Å². The number of nitrogens with zero attached hydrogens (tertiary/aromatic N) is 1. The Morgan fingerprint density at radius 3 is 2.42 bits per heavy atom. The Balaban J connectivity index is 1.54. The molecule has 1 aliphatic heterocycles. The van der Waals surface area contributed by atoms with Gasteiger partial charge in [-0.05, 0) is 24.0 Å². The summed E-state index contributed by atoms with van der Waals surface area (Å²) in [6.07, 6.45) is 1.59. The van der Waals surface area contributed by atoms with Gasteiger partial charge in [-0.25, -0.2) is 0 Å². The molecule has 1 saturated heterocycles. The third-order valence-corrected chi connectivity index (χ3v) is 4.85. The quantitative estimate of drug-likeness (QED) is 0.727. The zero-order valence-electron chi connectivity index (χ0n) is 15.3. The molecule has 26 heavy (non-hydrogen) atoms. The molecule has 0 aliphatic carbocycles. The highest BCUT2D eigenvalue weighted by Gasteiger charge is 2.33. The summed E-state index contributed by atoms with van der Waals surface area (Å²) in [6.45, 7) is 4.00. The van der Waals surface area contributed by atoms with Crippen LogP contribution < -0.4 is 0 Å². The van der Waals surface area contributed by atoms with Crippen molar-refractivity contribution in [3.05, 3.63) is 71.8 Å². The van der Waals surface area contributed by atoms with Crippen molar-refractivity contribution in [2.24, 2.45) is 5.92 Å². The van der Waals surface area contributed by atoms with E-state index in [0.29, 0.717) is 26.6 Å². The Morgan fingerprint density at radius 2 is 1.77 bits per heavy atom. The first-order valence-corrected chi connectivity index (χ1v) is 9.31. The van der Waals surface area contributed by atoms with Crippen molar-refractivity contribution in [2.75, 3.05) is 19.9 Å². The highest BCUT2D eigenvalue weighted by Crippen LogP contribution is 2.20. The maximum absolute atomic E-state index is 13.0. The molecule has 4 heteroatoms. The van der Waals surface area contributed by atoms with Crippen LogP contribution in [0.2, 0.25) is 0 Å². The average Bonchev–Trinajstić information content (AvgIpc) is 3.14. The average molecular weight is 353 g/mol. The molecule has 1 amide bonds. The number of rotatable bonds is 8. The molecule has 2 atom stereocenters. The molecule has 0 unspecified atom stereocenters. The molecule has 4 nitrogen and oxygen atoms in total. The first kappa shape index (κ1) is 18.6. The largest absolute Gasteiger partial charge is 0.376 e. The molecule has 0 radical (unpaired) electrons. The van der Waals surface area contributed by atoms with Crippen molar-refractivity contribution in [1.29, 1.82) is 0 Å². The number of amides is 1. The van der Waals surface area contributed by atoms with Crippen LogP contribution >= 0.6 is 0 Å². The number of carbonyl (C=O) groups excluding carboxylic acids is 1. The fraction of sp³-hybridized carbons (Fsp3) is 0.409. The molecule has 2 aromatic carbocycles. The summed E-state index contributed by atoms with van der Waals surface area (Å²) in [5.41, 5.74) is 2.36. The molecule has 138 valence electrons. The molecular weight excluding hydrogens is 326 g/mol. The third-order valence-electron chi connectivity index (χ3n) is 4.85. The molecule has 2 aromatic rings. The van der Waals surface area contributed by atoms with Gasteiger partial charge in [0.2, 0.25) is 5.91 Å². The van der Waals surface area contributed by atoms with E-state index in [2.05, 4.69) is 12.1 Å². The minimum atomic E-state index is -0.126. The number of hydrogen-bond acceptors (Lipinski definition) is 3. The second-order valence-corrected chi connectivity index (χ2v) is 6.76. The van der Waals surface area contributed by atoms with E-state index in [4.69, 9.17) is 9.47 Å². The number of carbonyl (C=O) groups is 1. The van der Waals surface area contributed by atoms with Crippen LogP contribution in [0.25, 0.3) is 0 Å². The molecule has 0 aromatic heterocycles. The molecule has 0 bridgehead atoms. The Morgan fingerprint density at radius 1 is 1.12 bits per heavy atom. The second-order valence-electron chi connectivity index (χ2n) is 6.76. The lowest BCUT2D eigenvalue weighted by atomic mass is 10.0. The van der Waals surface area contributed by atoms with Gasteiger partial charge < -0.3 is 14.4 Å². The molecule has 0 N–H and O–H groups in total. The van der Waals surface area contributed by atoms with Crippen molar-refractivity contribution in [1.82, 2.24) is 4.90 Å². The Bertz CT molecular complexity index is 674. The molecular formula is C22H27NO3. The normalized spacial score (nSPS) is 18.0. The first-order chi connectivity index (χ1) is 12.8. The van der Waals surface area contributed by atoms with Gasteiger partial charge in [0.05, 0.1) is 31.8 Å². The number of benzene rings is 2. The standard InChI is InChI=1S/C22H27NO3/c1-2-20(15-25-14-19-11-7-4-8-12-19)22(24)23-17-26-16-21(23)13-18-9-5-3-6-10-18/h3-12,20-21H,2,13-17H2,1H3/t20-,21-/m1/s1. The van der Waals surface area contributed by atoms with Crippen LogP contribution in [0, 0.1) is 5.92 Å². The third kappa shape index (κ3) is 4.93. The van der Waals surface area contributed by atoms with Crippen molar-refractivity contribution >= 4 is 5.91 Å². The minimum absolute atomic E-state index is 0.105. The maximum atomic E-state index is 13.0. The van der Waals surface area contributed by atoms with Crippen LogP contribution in [0.1, 0.15) is 24.5 Å². The predicted molar refractivity (Wildman–Crippen MR) is 101 cm³/mol. The van der Waals surface area contributed by atoms with E-state index in [1.807, 2.05) is 60.4 Å². The predicted octanol–water partition coefficient (Wildman–Crippen LogP) is 3.66. The van der Waals surface area contributed by atoms with Gasteiger partial charge in [0.1, 0.15) is 6.73 Å². The molecule has 0 spiro atoms. The van der Waals surface area contributed by atoms with E-state index >= 15 is 0 Å². The molecule has 1 fully saturated rings. The van der Waals surface area contributed by atoms with Gasteiger partial charge in [0.15, 0.2) is 0 Å². The molecule has 1 heterocycles. The van der Waals surface area contributed by atoms with Crippen LogP contribution in [0.4, 0.5) is 0 Å². The van der Waals surface area contributed by atoms with E-state index in [-0.39, 0.29) is 17.9 Å². The van der Waals surface area contributed by atoms with E-state index in [1.54, 1.807) is 0 Å². The van der Waals surface area contributed by atoms with Crippen LogP contribution in [-0.2, 0) is 27.3 Å². The van der Waals surface area contributed by atoms with Gasteiger partial charge in [0, 0.05) is 0 Å². The summed E-state index contributed by atoms with van der Waals surface area (Å²) in [6, 6.07) is 20.4. The van der Waals surface area contributed by atoms with E-state index < -0.39 is 0 Å². The van der Waals surface area contributed by atoms with Crippen LogP contribution in [0.3, 0.4) is 0 Å². The highest BCUT2D eigenvalue weighted by atomic mass is 16.5. The fourth-order valence-electron chi connectivity index (χ4n) is 3.27. The van der Waals surface area contributed by atoms with Gasteiger partial charge in [-0.15, -0.1) is 0 Å². The molecule has 0 saturated carbocycles. The monoisotopic (exact) mass is 353 g/mol. The van der Waals surface area contributed by atoms with Crippen LogP contribution in [0.15, 0.2) is 60.7 Å². The topological polar surface area (TPSA) is 38.8 Å². The Labute approximate surface area is 155 Å². The maximum Gasteiger partial charge on any atom is 0.230 e. The van der Waals surface area contributed by atoms with Gasteiger partial charge in [-0.1, -0.05) is 67.6 Å². The molecule has 3 rings (SSSR count). The van der Waals surface area contributed by atoms with Gasteiger partial charge >= 0.3 is 0 Å². The van der Waals surface area contributed by atoms with Crippen LogP contribution in [0.5, 0.6) is 0 Å². The minimum Gasteiger partial charge on any atom is -0.376 e. The summed E-state index contributed by atoms with van der Waals surface area (Å²) in [5.74, 6) is 0.0117. The SMILES string of the molecule is CC[C@H](COCc1ccccc1)C(=O)N1COC[C@H]1Cc1ccccc1. The fourth-order valence-corrected chi connectivity index (χ4v) is 3.27. The second kappa shape index (κ2) is 9.51. The summed E-state index contributed by atoms with van der Waals surface area (Å²) in [5, 5.41) is 0. The summed E-state index contributed by atoms with van der Waals surface area (Å²) < 4.78 is 11.4. The van der Waals surface area contributed by atoms with E-state index in [1.165, 1.54) is 5.56 Å². The highest BCUT2D eigenvalue weighted by molar-refractivity contribution is 5.79. The van der Waals surface area contributed by atoms with Crippen molar-refractivity contribution < 1.29 is 14.3 Å². The zero-order chi connectivity index (χ0) is 18.2.